The number of nitrogens with zero attached hydrogens (tertiary/aromatic N) is 3. The van der Waals surface area contributed by atoms with Crippen LogP contribution in [0.15, 0.2) is 36.8 Å². The lowest BCUT2D eigenvalue weighted by atomic mass is 10.0. The van der Waals surface area contributed by atoms with E-state index in [1.165, 1.54) is 19.2 Å². The van der Waals surface area contributed by atoms with Gasteiger partial charge in [-0.1, -0.05) is 12.1 Å². The van der Waals surface area contributed by atoms with E-state index in [9.17, 15) is 9.90 Å². The Morgan fingerprint density at radius 2 is 1.92 bits per heavy atom. The van der Waals surface area contributed by atoms with Crippen LogP contribution in [0.1, 0.15) is 36.2 Å². The minimum absolute atomic E-state index is 0.0203. The van der Waals surface area contributed by atoms with Crippen LogP contribution in [0.4, 0.5) is 0 Å². The third kappa shape index (κ3) is 2.84. The average molecular weight is 337 g/mol. The second kappa shape index (κ2) is 6.20. The SMILES string of the molecule is Cn1cc(-c2ccc(OC3CCCC3)cc2)c2c(C(=O)O)ncnc21. The molecule has 0 spiro atoms. The third-order valence-corrected chi connectivity index (χ3v) is 4.73. The molecule has 6 nitrogen and oxygen atoms in total. The number of hydrogen-bond acceptors (Lipinski definition) is 4. The van der Waals surface area contributed by atoms with E-state index < -0.39 is 5.97 Å². The lowest BCUT2D eigenvalue weighted by Crippen LogP contribution is -2.10. The Labute approximate surface area is 145 Å². The molecule has 6 heteroatoms. The normalized spacial score (nSPS) is 14.9. The van der Waals surface area contributed by atoms with Gasteiger partial charge in [0.1, 0.15) is 17.7 Å². The number of ether oxygens (including phenoxy) is 1. The Balaban J connectivity index is 1.73. The van der Waals surface area contributed by atoms with Gasteiger partial charge in [0.05, 0.1) is 11.5 Å². The van der Waals surface area contributed by atoms with Crippen molar-refractivity contribution in [1.29, 1.82) is 0 Å². The molecule has 1 aliphatic carbocycles. The minimum atomic E-state index is -1.05. The molecule has 2 heterocycles. The first-order valence-corrected chi connectivity index (χ1v) is 8.44. The molecule has 0 aliphatic heterocycles. The van der Waals surface area contributed by atoms with Gasteiger partial charge >= 0.3 is 5.97 Å². The monoisotopic (exact) mass is 337 g/mol. The highest BCUT2D eigenvalue weighted by molar-refractivity contribution is 6.07. The lowest BCUT2D eigenvalue weighted by molar-refractivity contribution is 0.0692. The highest BCUT2D eigenvalue weighted by Crippen LogP contribution is 2.32. The summed E-state index contributed by atoms with van der Waals surface area (Å²) in [6.07, 6.45) is 8.19. The molecule has 0 amide bonds. The number of rotatable bonds is 4. The summed E-state index contributed by atoms with van der Waals surface area (Å²) in [7, 11) is 1.85. The highest BCUT2D eigenvalue weighted by atomic mass is 16.5. The number of hydrogen-bond donors (Lipinski definition) is 1. The van der Waals surface area contributed by atoms with Crippen LogP contribution in [0.5, 0.6) is 5.75 Å². The van der Waals surface area contributed by atoms with Gasteiger partial charge in [0.2, 0.25) is 0 Å². The molecule has 0 saturated heterocycles. The van der Waals surface area contributed by atoms with E-state index in [4.69, 9.17) is 4.74 Å². The molecular weight excluding hydrogens is 318 g/mol. The van der Waals surface area contributed by atoms with E-state index in [1.807, 2.05) is 42.1 Å². The van der Waals surface area contributed by atoms with Crippen molar-refractivity contribution in [3.8, 4) is 16.9 Å². The number of fused-ring (bicyclic) bond motifs is 1. The summed E-state index contributed by atoms with van der Waals surface area (Å²) in [6, 6.07) is 7.79. The molecule has 0 radical (unpaired) electrons. The summed E-state index contributed by atoms with van der Waals surface area (Å²) in [6.45, 7) is 0. The molecule has 2 aromatic heterocycles. The van der Waals surface area contributed by atoms with Crippen LogP contribution >= 0.6 is 0 Å². The fourth-order valence-corrected chi connectivity index (χ4v) is 3.50. The molecule has 1 saturated carbocycles. The smallest absolute Gasteiger partial charge is 0.355 e. The van der Waals surface area contributed by atoms with Crippen molar-refractivity contribution in [2.45, 2.75) is 31.8 Å². The Kier molecular flexibility index (Phi) is 3.87. The quantitative estimate of drug-likeness (QED) is 0.786. The Morgan fingerprint density at radius 3 is 2.60 bits per heavy atom. The molecule has 1 aliphatic rings. The third-order valence-electron chi connectivity index (χ3n) is 4.73. The number of carboxylic acid groups (broad SMARTS) is 1. The van der Waals surface area contributed by atoms with Gasteiger partial charge in [-0.2, -0.15) is 0 Å². The summed E-state index contributed by atoms with van der Waals surface area (Å²) in [4.78, 5) is 19.7. The second-order valence-corrected chi connectivity index (χ2v) is 6.43. The van der Waals surface area contributed by atoms with Crippen molar-refractivity contribution >= 4 is 17.0 Å². The molecule has 1 aromatic carbocycles. The lowest BCUT2D eigenvalue weighted by Gasteiger charge is -2.13. The van der Waals surface area contributed by atoms with Crippen molar-refractivity contribution in [2.24, 2.45) is 7.05 Å². The van der Waals surface area contributed by atoms with E-state index in [1.54, 1.807) is 0 Å². The van der Waals surface area contributed by atoms with Gasteiger partial charge in [-0.05, 0) is 43.4 Å². The van der Waals surface area contributed by atoms with Gasteiger partial charge in [-0.3, -0.25) is 0 Å². The van der Waals surface area contributed by atoms with E-state index in [-0.39, 0.29) is 5.69 Å². The zero-order chi connectivity index (χ0) is 17.4. The summed E-state index contributed by atoms with van der Waals surface area (Å²) in [5.41, 5.74) is 2.35. The molecule has 128 valence electrons. The number of carboxylic acids is 1. The van der Waals surface area contributed by atoms with Crippen LogP contribution in [0.2, 0.25) is 0 Å². The number of aromatic carboxylic acids is 1. The maximum atomic E-state index is 11.5. The van der Waals surface area contributed by atoms with Gasteiger partial charge < -0.3 is 14.4 Å². The van der Waals surface area contributed by atoms with Crippen molar-refractivity contribution in [1.82, 2.24) is 14.5 Å². The molecule has 0 bridgehead atoms. The summed E-state index contributed by atoms with van der Waals surface area (Å²) in [5.74, 6) is -0.202. The van der Waals surface area contributed by atoms with Crippen molar-refractivity contribution in [2.75, 3.05) is 0 Å². The van der Waals surface area contributed by atoms with Crippen molar-refractivity contribution in [3.63, 3.8) is 0 Å². The molecule has 1 fully saturated rings. The average Bonchev–Trinajstić information content (AvgIpc) is 3.24. The molecule has 0 unspecified atom stereocenters. The first-order valence-electron chi connectivity index (χ1n) is 8.44. The van der Waals surface area contributed by atoms with E-state index in [0.29, 0.717) is 17.1 Å². The molecular formula is C19H19N3O3. The fourth-order valence-electron chi connectivity index (χ4n) is 3.50. The van der Waals surface area contributed by atoms with Crippen molar-refractivity contribution in [3.05, 3.63) is 42.5 Å². The second-order valence-electron chi connectivity index (χ2n) is 6.43. The van der Waals surface area contributed by atoms with Crippen LogP contribution in [0.3, 0.4) is 0 Å². The maximum absolute atomic E-state index is 11.5. The van der Waals surface area contributed by atoms with Gasteiger partial charge in [0.25, 0.3) is 0 Å². The zero-order valence-corrected chi connectivity index (χ0v) is 14.0. The van der Waals surface area contributed by atoms with Crippen LogP contribution in [0.25, 0.3) is 22.2 Å². The maximum Gasteiger partial charge on any atom is 0.355 e. The van der Waals surface area contributed by atoms with Gasteiger partial charge in [0, 0.05) is 18.8 Å². The Morgan fingerprint density at radius 1 is 1.20 bits per heavy atom. The molecule has 25 heavy (non-hydrogen) atoms. The summed E-state index contributed by atoms with van der Waals surface area (Å²) in [5, 5.41) is 10.0. The van der Waals surface area contributed by atoms with E-state index in [0.717, 1.165) is 29.7 Å². The fraction of sp³-hybridized carbons (Fsp3) is 0.316. The van der Waals surface area contributed by atoms with Gasteiger partial charge in [-0.15, -0.1) is 0 Å². The van der Waals surface area contributed by atoms with Gasteiger partial charge in [0.15, 0.2) is 5.69 Å². The van der Waals surface area contributed by atoms with Crippen molar-refractivity contribution < 1.29 is 14.6 Å². The largest absolute Gasteiger partial charge is 0.490 e. The Bertz CT molecular complexity index is 925. The number of aromatic nitrogens is 3. The van der Waals surface area contributed by atoms with Crippen LogP contribution in [0, 0.1) is 0 Å². The Hall–Kier alpha value is -2.89. The first kappa shape index (κ1) is 15.6. The van der Waals surface area contributed by atoms with Gasteiger partial charge in [-0.25, -0.2) is 14.8 Å². The molecule has 3 aromatic rings. The summed E-state index contributed by atoms with van der Waals surface area (Å²) < 4.78 is 7.82. The van der Waals surface area contributed by atoms with Crippen LogP contribution < -0.4 is 4.74 Å². The minimum Gasteiger partial charge on any atom is -0.490 e. The predicted octanol–water partition coefficient (Wildman–Crippen LogP) is 3.65. The van der Waals surface area contributed by atoms with Crippen LogP contribution in [-0.2, 0) is 7.05 Å². The molecule has 1 N–H and O–H groups in total. The predicted molar refractivity (Wildman–Crippen MR) is 93.8 cm³/mol. The number of aryl methyl sites for hydroxylation is 1. The van der Waals surface area contributed by atoms with E-state index >= 15 is 0 Å². The molecule has 4 rings (SSSR count). The highest BCUT2D eigenvalue weighted by Gasteiger charge is 2.20. The zero-order valence-electron chi connectivity index (χ0n) is 14.0. The first-order chi connectivity index (χ1) is 12.1. The summed E-state index contributed by atoms with van der Waals surface area (Å²) >= 11 is 0. The number of benzene rings is 1. The van der Waals surface area contributed by atoms with Crippen LogP contribution in [-0.4, -0.2) is 31.7 Å². The topological polar surface area (TPSA) is 77.2 Å². The standard InChI is InChI=1S/C19H19N3O3/c1-22-10-15(16-17(19(23)24)20-11-21-18(16)22)12-6-8-14(9-7-12)25-13-4-2-3-5-13/h6-11,13H,2-5H2,1H3,(H,23,24). The molecule has 0 atom stereocenters. The number of carbonyl (C=O) groups is 1. The van der Waals surface area contributed by atoms with E-state index in [2.05, 4.69) is 9.97 Å².